The van der Waals surface area contributed by atoms with Crippen LogP contribution in [0.4, 0.5) is 0 Å². The van der Waals surface area contributed by atoms with Crippen LogP contribution in [0.25, 0.3) is 22.3 Å². The van der Waals surface area contributed by atoms with Gasteiger partial charge in [0.25, 0.3) is 0 Å². The summed E-state index contributed by atoms with van der Waals surface area (Å²) in [7, 11) is 1.66. The van der Waals surface area contributed by atoms with Crippen molar-refractivity contribution in [2.24, 2.45) is 0 Å². The molecule has 3 rings (SSSR count). The molecule has 1 N–H and O–H groups in total. The summed E-state index contributed by atoms with van der Waals surface area (Å²) in [5.74, 6) is 0.533. The lowest BCUT2D eigenvalue weighted by Gasteiger charge is -2.14. The second-order valence-corrected chi connectivity index (χ2v) is 7.14. The minimum absolute atomic E-state index is 0.222. The first-order valence-corrected chi connectivity index (χ1v) is 9.89. The van der Waals surface area contributed by atoms with E-state index >= 15 is 0 Å². The molecule has 2 aromatic heterocycles. The number of hydrogen-bond donors (Lipinski definition) is 1. The van der Waals surface area contributed by atoms with Gasteiger partial charge in [0, 0.05) is 29.8 Å². The van der Waals surface area contributed by atoms with E-state index in [1.165, 1.54) is 11.8 Å². The van der Waals surface area contributed by atoms with Crippen molar-refractivity contribution in [2.45, 2.75) is 37.2 Å². The van der Waals surface area contributed by atoms with Gasteiger partial charge in [-0.15, -0.1) is 10.2 Å². The van der Waals surface area contributed by atoms with Crippen LogP contribution in [-0.4, -0.2) is 51.3 Å². The van der Waals surface area contributed by atoms with E-state index < -0.39 is 0 Å². The predicted octanol–water partition coefficient (Wildman–Crippen LogP) is 3.51. The summed E-state index contributed by atoms with van der Waals surface area (Å²) in [6, 6.07) is 8.07. The lowest BCUT2D eigenvalue weighted by molar-refractivity contribution is -0.142. The fourth-order valence-corrected chi connectivity index (χ4v) is 3.85. The summed E-state index contributed by atoms with van der Waals surface area (Å²) in [5.41, 5.74) is 2.02. The molecule has 0 amide bonds. The quantitative estimate of drug-likeness (QED) is 0.446. The van der Waals surface area contributed by atoms with Gasteiger partial charge >= 0.3 is 5.97 Å². The van der Waals surface area contributed by atoms with E-state index in [0.29, 0.717) is 31.3 Å². The van der Waals surface area contributed by atoms with Crippen molar-refractivity contribution in [3.63, 3.8) is 0 Å². The number of nitrogens with one attached hydrogen (secondary N) is 1. The van der Waals surface area contributed by atoms with E-state index in [2.05, 4.69) is 21.2 Å². The third kappa shape index (κ3) is 4.17. The molecule has 3 aromatic rings. The van der Waals surface area contributed by atoms with Crippen LogP contribution in [-0.2, 0) is 20.8 Å². The number of aromatic nitrogens is 4. The molecule has 0 aliphatic rings. The molecule has 1 aromatic carbocycles. The molecule has 144 valence electrons. The number of carbonyl (C=O) groups is 1. The van der Waals surface area contributed by atoms with Crippen LogP contribution >= 0.6 is 11.8 Å². The maximum Gasteiger partial charge on any atom is 0.319 e. The fraction of sp³-hybridized carbons (Fsp3) is 0.421. The van der Waals surface area contributed by atoms with Crippen LogP contribution in [0.3, 0.4) is 0 Å². The first-order valence-electron chi connectivity index (χ1n) is 9.01. The van der Waals surface area contributed by atoms with Gasteiger partial charge in [-0.2, -0.15) is 0 Å². The largest absolute Gasteiger partial charge is 0.465 e. The molecule has 8 heteroatoms. The molecule has 0 saturated heterocycles. The van der Waals surface area contributed by atoms with E-state index in [4.69, 9.17) is 9.47 Å². The lowest BCUT2D eigenvalue weighted by Crippen LogP contribution is -2.20. The first kappa shape index (κ1) is 19.4. The molecular formula is C19H24N4O3S. The minimum atomic E-state index is -0.314. The smallest absolute Gasteiger partial charge is 0.319 e. The molecule has 0 saturated carbocycles. The second kappa shape index (κ2) is 9.05. The van der Waals surface area contributed by atoms with Crippen molar-refractivity contribution >= 4 is 28.6 Å². The number of thioether (sulfide) groups is 1. The number of esters is 1. The Balaban J connectivity index is 1.97. The highest BCUT2D eigenvalue weighted by Crippen LogP contribution is 2.32. The van der Waals surface area contributed by atoms with Gasteiger partial charge in [0.2, 0.25) is 0 Å². The molecule has 27 heavy (non-hydrogen) atoms. The molecule has 0 fully saturated rings. The molecule has 0 unspecified atom stereocenters. The zero-order valence-electron chi connectivity index (χ0n) is 15.8. The maximum atomic E-state index is 12.2. The van der Waals surface area contributed by atoms with Crippen molar-refractivity contribution in [1.29, 1.82) is 0 Å². The topological polar surface area (TPSA) is 82.0 Å². The minimum Gasteiger partial charge on any atom is -0.465 e. The van der Waals surface area contributed by atoms with Crippen LogP contribution in [0.15, 0.2) is 35.6 Å². The monoisotopic (exact) mass is 388 g/mol. The third-order valence-electron chi connectivity index (χ3n) is 4.23. The molecule has 0 bridgehead atoms. The lowest BCUT2D eigenvalue weighted by atomic mass is 10.1. The Morgan fingerprint density at radius 1 is 1.30 bits per heavy atom. The Morgan fingerprint density at radius 2 is 2.11 bits per heavy atom. The van der Waals surface area contributed by atoms with Crippen molar-refractivity contribution in [3.8, 4) is 11.4 Å². The average Bonchev–Trinajstić information content (AvgIpc) is 3.28. The Bertz CT molecular complexity index is 905. The molecule has 0 spiro atoms. The summed E-state index contributed by atoms with van der Waals surface area (Å²) in [4.78, 5) is 15.5. The first-order chi connectivity index (χ1) is 13.2. The highest BCUT2D eigenvalue weighted by Gasteiger charge is 2.24. The number of aromatic amines is 1. The van der Waals surface area contributed by atoms with Gasteiger partial charge in [-0.3, -0.25) is 9.36 Å². The SMILES string of the molecule is CCOC(=O)[C@@H](CC)Sc1nnc(-c2c[nH]c3ccccc23)n1CCOC. The number of rotatable bonds is 9. The van der Waals surface area contributed by atoms with Crippen LogP contribution in [0, 0.1) is 0 Å². The number of methoxy groups -OCH3 is 1. The Kier molecular flexibility index (Phi) is 6.52. The van der Waals surface area contributed by atoms with Gasteiger partial charge in [-0.1, -0.05) is 36.9 Å². The summed E-state index contributed by atoms with van der Waals surface area (Å²) in [5, 5.41) is 10.2. The van der Waals surface area contributed by atoms with Gasteiger partial charge in [0.1, 0.15) is 5.25 Å². The zero-order valence-corrected chi connectivity index (χ0v) is 16.6. The molecule has 1 atom stereocenters. The zero-order chi connectivity index (χ0) is 19.2. The number of ether oxygens (including phenoxy) is 2. The standard InChI is InChI=1S/C19H24N4O3S/c1-4-16(18(24)26-5-2)27-19-22-21-17(23(19)10-11-25-3)14-12-20-15-9-7-6-8-13(14)15/h6-9,12,16,20H,4-5,10-11H2,1-3H3/t16-/m1/s1. The number of hydrogen-bond acceptors (Lipinski definition) is 6. The number of benzene rings is 1. The van der Waals surface area contributed by atoms with Gasteiger partial charge in [-0.25, -0.2) is 0 Å². The van der Waals surface area contributed by atoms with Crippen LogP contribution in [0.5, 0.6) is 0 Å². The number of H-pyrrole nitrogens is 1. The summed E-state index contributed by atoms with van der Waals surface area (Å²) >= 11 is 1.39. The van der Waals surface area contributed by atoms with Gasteiger partial charge in [0.15, 0.2) is 11.0 Å². The van der Waals surface area contributed by atoms with Gasteiger partial charge < -0.3 is 14.5 Å². The van der Waals surface area contributed by atoms with Crippen molar-refractivity contribution in [1.82, 2.24) is 19.7 Å². The van der Waals surface area contributed by atoms with Crippen molar-refractivity contribution < 1.29 is 14.3 Å². The van der Waals surface area contributed by atoms with Crippen molar-refractivity contribution in [2.75, 3.05) is 20.3 Å². The molecule has 0 aliphatic carbocycles. The highest BCUT2D eigenvalue weighted by atomic mass is 32.2. The molecule has 7 nitrogen and oxygen atoms in total. The molecule has 0 radical (unpaired) electrons. The van der Waals surface area contributed by atoms with Crippen LogP contribution in [0.2, 0.25) is 0 Å². The van der Waals surface area contributed by atoms with Gasteiger partial charge in [-0.05, 0) is 19.4 Å². The summed E-state index contributed by atoms with van der Waals surface area (Å²) in [6.45, 7) is 5.26. The average molecular weight is 388 g/mol. The van der Waals surface area contributed by atoms with Crippen LogP contribution < -0.4 is 0 Å². The van der Waals surface area contributed by atoms with E-state index in [9.17, 15) is 4.79 Å². The van der Waals surface area contributed by atoms with E-state index in [1.807, 2.05) is 42.8 Å². The Morgan fingerprint density at radius 3 is 2.85 bits per heavy atom. The summed E-state index contributed by atoms with van der Waals surface area (Å²) in [6.07, 6.45) is 2.60. The number of para-hydroxylation sites is 1. The van der Waals surface area contributed by atoms with E-state index in [-0.39, 0.29) is 11.2 Å². The van der Waals surface area contributed by atoms with E-state index in [0.717, 1.165) is 22.3 Å². The molecule has 0 aliphatic heterocycles. The third-order valence-corrected chi connectivity index (χ3v) is 5.56. The molecular weight excluding hydrogens is 364 g/mol. The highest BCUT2D eigenvalue weighted by molar-refractivity contribution is 8.00. The van der Waals surface area contributed by atoms with Gasteiger partial charge in [0.05, 0.1) is 19.8 Å². The predicted molar refractivity (Wildman–Crippen MR) is 106 cm³/mol. The maximum absolute atomic E-state index is 12.2. The molecule has 2 heterocycles. The fourth-order valence-electron chi connectivity index (χ4n) is 2.88. The second-order valence-electron chi connectivity index (χ2n) is 5.97. The number of nitrogens with zero attached hydrogens (tertiary/aromatic N) is 3. The van der Waals surface area contributed by atoms with Crippen molar-refractivity contribution in [3.05, 3.63) is 30.5 Å². The van der Waals surface area contributed by atoms with Crippen LogP contribution in [0.1, 0.15) is 20.3 Å². The summed E-state index contributed by atoms with van der Waals surface area (Å²) < 4.78 is 12.4. The van der Waals surface area contributed by atoms with E-state index in [1.54, 1.807) is 7.11 Å². The Labute approximate surface area is 162 Å². The normalized spacial score (nSPS) is 12.4. The number of carbonyl (C=O) groups excluding carboxylic acids is 1. The number of fused-ring (bicyclic) bond motifs is 1. The Hall–Kier alpha value is -2.32.